The Kier molecular flexibility index (Phi) is 7.56. The summed E-state index contributed by atoms with van der Waals surface area (Å²) in [5, 5.41) is 0.375. The molecule has 1 fully saturated rings. The van der Waals surface area contributed by atoms with E-state index in [0.29, 0.717) is 60.6 Å². The molecule has 0 unspecified atom stereocenters. The number of anilines is 1. The van der Waals surface area contributed by atoms with E-state index < -0.39 is 11.7 Å². The predicted octanol–water partition coefficient (Wildman–Crippen LogP) is 5.13. The summed E-state index contributed by atoms with van der Waals surface area (Å²) in [4.78, 5) is 16.1. The highest BCUT2D eigenvalue weighted by atomic mass is 35.5. The molecule has 1 aliphatic heterocycles. The highest BCUT2D eigenvalue weighted by molar-refractivity contribution is 6.32. The Labute approximate surface area is 190 Å². The molecule has 1 heterocycles. The molecule has 0 atom stereocenters. The van der Waals surface area contributed by atoms with Crippen LogP contribution in [0.15, 0.2) is 42.5 Å². The Bertz CT molecular complexity index is 987. The molecular formula is C23H24ClF3N2O3. The van der Waals surface area contributed by atoms with Gasteiger partial charge >= 0.3 is 6.18 Å². The van der Waals surface area contributed by atoms with Crippen molar-refractivity contribution in [1.82, 2.24) is 4.90 Å². The van der Waals surface area contributed by atoms with Crippen molar-refractivity contribution in [2.24, 2.45) is 0 Å². The van der Waals surface area contributed by atoms with Gasteiger partial charge in [0.25, 0.3) is 0 Å². The minimum absolute atomic E-state index is 0.182. The number of nitrogens with zero attached hydrogens (tertiary/aromatic N) is 2. The minimum Gasteiger partial charge on any atom is -0.491 e. The van der Waals surface area contributed by atoms with E-state index in [1.54, 1.807) is 29.2 Å². The van der Waals surface area contributed by atoms with Gasteiger partial charge in [-0.15, -0.1) is 0 Å². The summed E-state index contributed by atoms with van der Waals surface area (Å²) in [6.07, 6.45) is -1.28. The van der Waals surface area contributed by atoms with Crippen molar-refractivity contribution in [3.05, 3.63) is 58.6 Å². The molecule has 2 aromatic rings. The number of hydrogen-bond acceptors (Lipinski definition) is 4. The number of methoxy groups -OCH3 is 1. The second-order valence-electron chi connectivity index (χ2n) is 7.16. The minimum atomic E-state index is -4.38. The lowest BCUT2D eigenvalue weighted by Gasteiger charge is -2.35. The summed E-state index contributed by atoms with van der Waals surface area (Å²) in [6.45, 7) is 4.00. The van der Waals surface area contributed by atoms with E-state index in [1.165, 1.54) is 19.3 Å². The molecule has 0 radical (unpaired) electrons. The third-order valence-electron chi connectivity index (χ3n) is 5.08. The molecule has 0 spiro atoms. The first-order chi connectivity index (χ1) is 15.2. The number of carbonyl (C=O) groups is 1. The fraction of sp³-hybridized carbons (Fsp3) is 0.348. The van der Waals surface area contributed by atoms with Crippen molar-refractivity contribution in [3.63, 3.8) is 0 Å². The summed E-state index contributed by atoms with van der Waals surface area (Å²) in [5.41, 5.74) is 0.509. The highest BCUT2D eigenvalue weighted by Crippen LogP contribution is 2.36. The van der Waals surface area contributed by atoms with Crippen LogP contribution in [0.25, 0.3) is 6.08 Å². The molecule has 172 valence electrons. The Balaban J connectivity index is 1.63. The summed E-state index contributed by atoms with van der Waals surface area (Å²) in [5.74, 6) is 0.741. The lowest BCUT2D eigenvalue weighted by atomic mass is 10.1. The van der Waals surface area contributed by atoms with Crippen LogP contribution < -0.4 is 14.4 Å². The summed E-state index contributed by atoms with van der Waals surface area (Å²) in [6, 6.07) is 8.66. The predicted molar refractivity (Wildman–Crippen MR) is 118 cm³/mol. The molecule has 5 nitrogen and oxygen atoms in total. The van der Waals surface area contributed by atoms with E-state index in [4.69, 9.17) is 21.1 Å². The number of halogens is 4. The standard InChI is InChI=1S/C23H24ClF3N2O3/c1-3-32-20-14-16(13-19(24)22(20)31-2)7-8-21(30)29-11-9-28(10-12-29)18-6-4-5-17(15-18)23(25,26)27/h4-8,13-15H,3,9-12H2,1-2H3/b8-7+. The van der Waals surface area contributed by atoms with Gasteiger partial charge in [0.1, 0.15) is 0 Å². The van der Waals surface area contributed by atoms with Gasteiger partial charge in [0.15, 0.2) is 11.5 Å². The van der Waals surface area contributed by atoms with Gasteiger partial charge < -0.3 is 19.3 Å². The summed E-state index contributed by atoms with van der Waals surface area (Å²) >= 11 is 6.24. The van der Waals surface area contributed by atoms with Crippen LogP contribution in [0, 0.1) is 0 Å². The number of benzene rings is 2. The van der Waals surface area contributed by atoms with Crippen LogP contribution in [0.2, 0.25) is 5.02 Å². The van der Waals surface area contributed by atoms with E-state index in [9.17, 15) is 18.0 Å². The SMILES string of the molecule is CCOc1cc(/C=C/C(=O)N2CCN(c3cccc(C(F)(F)F)c3)CC2)cc(Cl)c1OC. The highest BCUT2D eigenvalue weighted by Gasteiger charge is 2.31. The quantitative estimate of drug-likeness (QED) is 0.551. The van der Waals surface area contributed by atoms with Gasteiger partial charge in [0, 0.05) is 37.9 Å². The lowest BCUT2D eigenvalue weighted by Crippen LogP contribution is -2.48. The van der Waals surface area contributed by atoms with Crippen LogP contribution >= 0.6 is 11.6 Å². The third-order valence-corrected chi connectivity index (χ3v) is 5.36. The molecule has 9 heteroatoms. The smallest absolute Gasteiger partial charge is 0.416 e. The van der Waals surface area contributed by atoms with E-state index in [1.807, 2.05) is 11.8 Å². The van der Waals surface area contributed by atoms with Crippen molar-refractivity contribution in [3.8, 4) is 11.5 Å². The largest absolute Gasteiger partial charge is 0.491 e. The summed E-state index contributed by atoms with van der Waals surface area (Å²) in [7, 11) is 1.50. The Morgan fingerprint density at radius 1 is 1.16 bits per heavy atom. The molecule has 1 aliphatic rings. The number of hydrogen-bond donors (Lipinski definition) is 0. The molecule has 32 heavy (non-hydrogen) atoms. The van der Waals surface area contributed by atoms with Gasteiger partial charge in [-0.25, -0.2) is 0 Å². The van der Waals surface area contributed by atoms with Crippen LogP contribution in [0.5, 0.6) is 11.5 Å². The first-order valence-electron chi connectivity index (χ1n) is 10.1. The van der Waals surface area contributed by atoms with E-state index in [0.717, 1.165) is 12.1 Å². The first kappa shape index (κ1) is 23.8. The van der Waals surface area contributed by atoms with Crippen molar-refractivity contribution < 1.29 is 27.4 Å². The van der Waals surface area contributed by atoms with Crippen LogP contribution in [-0.4, -0.2) is 50.7 Å². The van der Waals surface area contributed by atoms with Gasteiger partial charge in [0.05, 0.1) is 24.3 Å². The Hall–Kier alpha value is -2.87. The van der Waals surface area contributed by atoms with Gasteiger partial charge in [-0.2, -0.15) is 13.2 Å². The number of ether oxygens (including phenoxy) is 2. The zero-order chi connectivity index (χ0) is 23.3. The van der Waals surface area contributed by atoms with Crippen molar-refractivity contribution in [2.45, 2.75) is 13.1 Å². The molecule has 1 saturated heterocycles. The fourth-order valence-corrected chi connectivity index (χ4v) is 3.78. The van der Waals surface area contributed by atoms with Crippen molar-refractivity contribution in [2.75, 3.05) is 44.8 Å². The average molecular weight is 469 g/mol. The van der Waals surface area contributed by atoms with Crippen LogP contribution in [0.1, 0.15) is 18.1 Å². The summed E-state index contributed by atoms with van der Waals surface area (Å²) < 4.78 is 49.7. The molecule has 0 N–H and O–H groups in total. The Morgan fingerprint density at radius 3 is 2.50 bits per heavy atom. The van der Waals surface area contributed by atoms with E-state index in [2.05, 4.69) is 0 Å². The van der Waals surface area contributed by atoms with Crippen LogP contribution in [0.4, 0.5) is 18.9 Å². The molecule has 2 aromatic carbocycles. The maximum atomic E-state index is 13.0. The maximum Gasteiger partial charge on any atom is 0.416 e. The lowest BCUT2D eigenvalue weighted by molar-refractivity contribution is -0.137. The first-order valence-corrected chi connectivity index (χ1v) is 10.5. The number of amides is 1. The monoisotopic (exact) mass is 468 g/mol. The van der Waals surface area contributed by atoms with Crippen LogP contribution in [0.3, 0.4) is 0 Å². The fourth-order valence-electron chi connectivity index (χ4n) is 3.48. The normalized spacial score (nSPS) is 14.7. The molecule has 0 bridgehead atoms. The molecule has 1 amide bonds. The van der Waals surface area contributed by atoms with Gasteiger partial charge in [0.2, 0.25) is 5.91 Å². The molecule has 0 aliphatic carbocycles. The molecule has 0 aromatic heterocycles. The maximum absolute atomic E-state index is 13.0. The van der Waals surface area contributed by atoms with Crippen molar-refractivity contribution >= 4 is 29.3 Å². The number of rotatable bonds is 6. The number of carbonyl (C=O) groups excluding carboxylic acids is 1. The van der Waals surface area contributed by atoms with Crippen LogP contribution in [-0.2, 0) is 11.0 Å². The molecular weight excluding hydrogens is 445 g/mol. The third kappa shape index (κ3) is 5.68. The van der Waals surface area contributed by atoms with Gasteiger partial charge in [-0.1, -0.05) is 17.7 Å². The zero-order valence-electron chi connectivity index (χ0n) is 17.8. The van der Waals surface area contributed by atoms with Crippen molar-refractivity contribution in [1.29, 1.82) is 0 Å². The average Bonchev–Trinajstić information content (AvgIpc) is 2.77. The topological polar surface area (TPSA) is 42.0 Å². The second-order valence-corrected chi connectivity index (χ2v) is 7.57. The van der Waals surface area contributed by atoms with Gasteiger partial charge in [-0.05, 0) is 48.9 Å². The second kappa shape index (κ2) is 10.2. The Morgan fingerprint density at radius 2 is 1.88 bits per heavy atom. The molecule has 3 rings (SSSR count). The zero-order valence-corrected chi connectivity index (χ0v) is 18.5. The van der Waals surface area contributed by atoms with E-state index >= 15 is 0 Å². The number of alkyl halides is 3. The molecule has 0 saturated carbocycles. The number of piperazine rings is 1. The van der Waals surface area contributed by atoms with Gasteiger partial charge in [-0.3, -0.25) is 4.79 Å². The van der Waals surface area contributed by atoms with E-state index in [-0.39, 0.29) is 5.91 Å².